The van der Waals surface area contributed by atoms with Crippen molar-refractivity contribution in [2.45, 2.75) is 19.5 Å². The zero-order valence-corrected chi connectivity index (χ0v) is 16.9. The minimum absolute atomic E-state index is 0.0747. The largest absolute Gasteiger partial charge is 0.352 e. The number of hydrogen-bond donors (Lipinski definition) is 1. The lowest BCUT2D eigenvalue weighted by Gasteiger charge is -2.33. The van der Waals surface area contributed by atoms with Gasteiger partial charge in [0.1, 0.15) is 0 Å². The van der Waals surface area contributed by atoms with E-state index in [1.807, 2.05) is 35.0 Å². The maximum absolute atomic E-state index is 12.4. The van der Waals surface area contributed by atoms with Crippen LogP contribution in [0.15, 0.2) is 43.0 Å². The average molecular weight is 406 g/mol. The second kappa shape index (κ2) is 9.31. The van der Waals surface area contributed by atoms with Gasteiger partial charge in [-0.05, 0) is 24.1 Å². The molecular weight excluding hydrogens is 378 g/mol. The molecule has 28 heavy (non-hydrogen) atoms. The van der Waals surface area contributed by atoms with Gasteiger partial charge in [-0.3, -0.25) is 9.69 Å². The van der Waals surface area contributed by atoms with E-state index in [0.717, 1.165) is 18.5 Å². The van der Waals surface area contributed by atoms with Crippen LogP contribution in [0.3, 0.4) is 0 Å². The average Bonchev–Trinajstić information content (AvgIpc) is 3.18. The second-order valence-electron chi connectivity index (χ2n) is 7.05. The zero-order valence-electron chi connectivity index (χ0n) is 16.1. The molecule has 1 fully saturated rings. The normalized spacial score (nSPS) is 16.2. The van der Waals surface area contributed by atoms with E-state index in [4.69, 9.17) is 0 Å². The molecule has 2 heterocycles. The number of hydrogen-bond acceptors (Lipinski definition) is 5. The van der Waals surface area contributed by atoms with Crippen LogP contribution in [0.2, 0.25) is 0 Å². The molecule has 1 aliphatic rings. The molecule has 0 radical (unpaired) electrons. The summed E-state index contributed by atoms with van der Waals surface area (Å²) in [5, 5.41) is 2.96. The van der Waals surface area contributed by atoms with Crippen molar-refractivity contribution in [2.75, 3.05) is 39.0 Å². The number of benzene rings is 1. The summed E-state index contributed by atoms with van der Waals surface area (Å²) < 4.78 is 26.7. The van der Waals surface area contributed by atoms with Crippen molar-refractivity contribution >= 4 is 15.9 Å². The van der Waals surface area contributed by atoms with Crippen molar-refractivity contribution < 1.29 is 13.2 Å². The van der Waals surface area contributed by atoms with Gasteiger partial charge in [0.25, 0.3) is 5.91 Å². The van der Waals surface area contributed by atoms with Gasteiger partial charge in [-0.1, -0.05) is 12.1 Å². The van der Waals surface area contributed by atoms with E-state index in [9.17, 15) is 13.2 Å². The summed E-state index contributed by atoms with van der Waals surface area (Å²) in [4.78, 5) is 18.6. The molecule has 1 N–H and O–H groups in total. The van der Waals surface area contributed by atoms with E-state index in [2.05, 4.69) is 15.2 Å². The van der Waals surface area contributed by atoms with Crippen molar-refractivity contribution in [3.8, 4) is 0 Å². The minimum atomic E-state index is -3.12. The molecule has 8 nitrogen and oxygen atoms in total. The lowest BCUT2D eigenvalue weighted by atomic mass is 10.1. The van der Waals surface area contributed by atoms with Crippen LogP contribution in [0.1, 0.15) is 22.3 Å². The van der Waals surface area contributed by atoms with Crippen LogP contribution < -0.4 is 5.32 Å². The highest BCUT2D eigenvalue weighted by molar-refractivity contribution is 7.88. The number of carbonyl (C=O) groups excluding carboxylic acids is 1. The SMILES string of the molecule is CS(=O)(=O)N1CCN(Cc2cccc(C(=O)NCCCn3ccnc3)c2)CC1. The Morgan fingerprint density at radius 1 is 1.21 bits per heavy atom. The first-order chi connectivity index (χ1) is 13.4. The molecule has 3 rings (SSSR count). The number of imidazole rings is 1. The maximum Gasteiger partial charge on any atom is 0.251 e. The first kappa shape index (κ1) is 20.5. The standard InChI is InChI=1S/C19H27N5O3S/c1-28(26,27)24-12-10-22(11-13-24)15-17-4-2-5-18(14-17)19(25)21-6-3-8-23-9-7-20-16-23/h2,4-5,7,9,14,16H,3,6,8,10-13,15H2,1H3,(H,21,25). The first-order valence-electron chi connectivity index (χ1n) is 9.42. The number of amides is 1. The highest BCUT2D eigenvalue weighted by atomic mass is 32.2. The molecule has 1 aromatic heterocycles. The topological polar surface area (TPSA) is 87.5 Å². The summed E-state index contributed by atoms with van der Waals surface area (Å²) >= 11 is 0. The summed E-state index contributed by atoms with van der Waals surface area (Å²) in [5.74, 6) is -0.0747. The Labute approximate surface area is 166 Å². The van der Waals surface area contributed by atoms with Gasteiger partial charge < -0.3 is 9.88 Å². The number of rotatable bonds is 8. The number of aromatic nitrogens is 2. The van der Waals surface area contributed by atoms with E-state index in [1.165, 1.54) is 10.6 Å². The molecular formula is C19H27N5O3S. The highest BCUT2D eigenvalue weighted by Gasteiger charge is 2.23. The molecule has 0 saturated carbocycles. The van der Waals surface area contributed by atoms with E-state index in [0.29, 0.717) is 44.8 Å². The third kappa shape index (κ3) is 5.88. The quantitative estimate of drug-likeness (QED) is 0.656. The van der Waals surface area contributed by atoms with Crippen molar-refractivity contribution in [1.82, 2.24) is 24.1 Å². The summed E-state index contributed by atoms with van der Waals surface area (Å²) in [6.45, 7) is 4.54. The predicted molar refractivity (Wildman–Crippen MR) is 107 cm³/mol. The zero-order chi connectivity index (χ0) is 20.0. The van der Waals surface area contributed by atoms with Crippen LogP contribution in [0.5, 0.6) is 0 Å². The van der Waals surface area contributed by atoms with Gasteiger partial charge in [0.05, 0.1) is 12.6 Å². The van der Waals surface area contributed by atoms with Gasteiger partial charge >= 0.3 is 0 Å². The summed E-state index contributed by atoms with van der Waals surface area (Å²) in [5.41, 5.74) is 1.70. The molecule has 0 spiro atoms. The fraction of sp³-hybridized carbons (Fsp3) is 0.474. The number of piperazine rings is 1. The van der Waals surface area contributed by atoms with E-state index in [-0.39, 0.29) is 5.91 Å². The number of nitrogens with one attached hydrogen (secondary N) is 1. The second-order valence-corrected chi connectivity index (χ2v) is 9.03. The van der Waals surface area contributed by atoms with Crippen LogP contribution in [0.4, 0.5) is 0 Å². The summed E-state index contributed by atoms with van der Waals surface area (Å²) in [6.07, 6.45) is 7.50. The van der Waals surface area contributed by atoms with Gasteiger partial charge in [0.15, 0.2) is 0 Å². The highest BCUT2D eigenvalue weighted by Crippen LogP contribution is 2.12. The molecule has 2 aromatic rings. The molecule has 0 bridgehead atoms. The van der Waals surface area contributed by atoms with Crippen molar-refractivity contribution in [2.24, 2.45) is 0 Å². The molecule has 0 atom stereocenters. The van der Waals surface area contributed by atoms with E-state index < -0.39 is 10.0 Å². The van der Waals surface area contributed by atoms with Crippen molar-refractivity contribution in [3.05, 3.63) is 54.1 Å². The van der Waals surface area contributed by atoms with Crippen LogP contribution >= 0.6 is 0 Å². The van der Waals surface area contributed by atoms with Crippen LogP contribution in [-0.2, 0) is 23.1 Å². The van der Waals surface area contributed by atoms with Gasteiger partial charge in [-0.25, -0.2) is 13.4 Å². The Hall–Kier alpha value is -2.23. The van der Waals surface area contributed by atoms with E-state index >= 15 is 0 Å². The van der Waals surface area contributed by atoms with Crippen molar-refractivity contribution in [3.63, 3.8) is 0 Å². The minimum Gasteiger partial charge on any atom is -0.352 e. The first-order valence-corrected chi connectivity index (χ1v) is 11.3. The number of sulfonamides is 1. The molecule has 1 amide bonds. The van der Waals surface area contributed by atoms with Gasteiger partial charge in [0.2, 0.25) is 10.0 Å². The molecule has 9 heteroatoms. The smallest absolute Gasteiger partial charge is 0.251 e. The Kier molecular flexibility index (Phi) is 6.82. The maximum atomic E-state index is 12.4. The molecule has 0 aliphatic carbocycles. The Morgan fingerprint density at radius 2 is 2.00 bits per heavy atom. The van der Waals surface area contributed by atoms with E-state index in [1.54, 1.807) is 12.5 Å². The molecule has 152 valence electrons. The van der Waals surface area contributed by atoms with Crippen molar-refractivity contribution in [1.29, 1.82) is 0 Å². The molecule has 1 saturated heterocycles. The van der Waals surface area contributed by atoms with Gasteiger partial charge in [0, 0.05) is 63.8 Å². The van der Waals surface area contributed by atoms with Crippen LogP contribution in [0.25, 0.3) is 0 Å². The fourth-order valence-electron chi connectivity index (χ4n) is 3.27. The monoisotopic (exact) mass is 405 g/mol. The van der Waals surface area contributed by atoms with Gasteiger partial charge in [-0.15, -0.1) is 0 Å². The number of nitrogens with zero attached hydrogens (tertiary/aromatic N) is 4. The number of carbonyl (C=O) groups is 1. The van der Waals surface area contributed by atoms with Crippen LogP contribution in [-0.4, -0.2) is 72.1 Å². The Balaban J connectivity index is 1.46. The molecule has 0 unspecified atom stereocenters. The fourth-order valence-corrected chi connectivity index (χ4v) is 4.10. The van der Waals surface area contributed by atoms with Gasteiger partial charge in [-0.2, -0.15) is 4.31 Å². The lowest BCUT2D eigenvalue weighted by Crippen LogP contribution is -2.47. The predicted octanol–water partition coefficient (Wildman–Crippen LogP) is 0.780. The molecule has 1 aliphatic heterocycles. The summed E-state index contributed by atoms with van der Waals surface area (Å²) in [7, 11) is -3.12. The summed E-state index contributed by atoms with van der Waals surface area (Å²) in [6, 6.07) is 7.62. The Morgan fingerprint density at radius 3 is 2.68 bits per heavy atom. The third-order valence-electron chi connectivity index (χ3n) is 4.83. The number of aryl methyl sites for hydroxylation is 1. The Bertz CT molecular complexity index is 875. The van der Waals surface area contributed by atoms with Crippen LogP contribution in [0, 0.1) is 0 Å². The molecule has 1 aromatic carbocycles. The third-order valence-corrected chi connectivity index (χ3v) is 6.14. The lowest BCUT2D eigenvalue weighted by molar-refractivity contribution is 0.0952.